The molecule has 0 spiro atoms. The number of hydrogen-bond donors (Lipinski definition) is 1. The standard InChI is InChI=1S/C16H15Br2NO/c1-10-2-4-15(13(18)8-10)19-14-6-7-20-16-5-3-11(17)9-12(14)16/h2-5,8-9,14,19H,6-7H2,1H3. The van der Waals surface area contributed by atoms with E-state index in [-0.39, 0.29) is 6.04 Å². The lowest BCUT2D eigenvalue weighted by atomic mass is 10.00. The smallest absolute Gasteiger partial charge is 0.124 e. The van der Waals surface area contributed by atoms with Gasteiger partial charge in [-0.2, -0.15) is 0 Å². The molecule has 104 valence electrons. The molecule has 4 heteroatoms. The lowest BCUT2D eigenvalue weighted by molar-refractivity contribution is 0.274. The van der Waals surface area contributed by atoms with Gasteiger partial charge in [-0.05, 0) is 58.7 Å². The number of rotatable bonds is 2. The number of ether oxygens (including phenoxy) is 1. The van der Waals surface area contributed by atoms with E-state index in [0.29, 0.717) is 0 Å². The van der Waals surface area contributed by atoms with Crippen molar-refractivity contribution in [2.45, 2.75) is 19.4 Å². The van der Waals surface area contributed by atoms with Crippen LogP contribution < -0.4 is 10.1 Å². The molecule has 0 saturated heterocycles. The Hall–Kier alpha value is -1.000. The third-order valence-electron chi connectivity index (χ3n) is 3.47. The highest BCUT2D eigenvalue weighted by Gasteiger charge is 2.22. The van der Waals surface area contributed by atoms with Crippen molar-refractivity contribution in [2.75, 3.05) is 11.9 Å². The van der Waals surface area contributed by atoms with Crippen LogP contribution in [0.1, 0.15) is 23.6 Å². The molecule has 1 aliphatic rings. The molecule has 2 aromatic rings. The summed E-state index contributed by atoms with van der Waals surface area (Å²) < 4.78 is 7.90. The van der Waals surface area contributed by atoms with Gasteiger partial charge < -0.3 is 10.1 Å². The fourth-order valence-corrected chi connectivity index (χ4v) is 3.43. The van der Waals surface area contributed by atoms with Crippen LogP contribution in [0.15, 0.2) is 45.3 Å². The van der Waals surface area contributed by atoms with Crippen LogP contribution in [0.25, 0.3) is 0 Å². The third-order valence-corrected chi connectivity index (χ3v) is 4.62. The van der Waals surface area contributed by atoms with Crippen molar-refractivity contribution in [3.05, 3.63) is 56.5 Å². The van der Waals surface area contributed by atoms with Crippen LogP contribution in [0.4, 0.5) is 5.69 Å². The number of fused-ring (bicyclic) bond motifs is 1. The summed E-state index contributed by atoms with van der Waals surface area (Å²) in [5, 5.41) is 3.61. The minimum Gasteiger partial charge on any atom is -0.493 e. The topological polar surface area (TPSA) is 21.3 Å². The normalized spacial score (nSPS) is 17.2. The molecule has 0 aliphatic carbocycles. The van der Waals surface area contributed by atoms with Crippen LogP contribution in [-0.4, -0.2) is 6.61 Å². The van der Waals surface area contributed by atoms with Crippen LogP contribution in [0.3, 0.4) is 0 Å². The Labute approximate surface area is 135 Å². The van der Waals surface area contributed by atoms with Crippen molar-refractivity contribution in [3.63, 3.8) is 0 Å². The quantitative estimate of drug-likeness (QED) is 0.727. The lowest BCUT2D eigenvalue weighted by Gasteiger charge is -2.28. The second-order valence-electron chi connectivity index (χ2n) is 5.00. The Morgan fingerprint density at radius 2 is 2.00 bits per heavy atom. The van der Waals surface area contributed by atoms with Crippen molar-refractivity contribution in [1.82, 2.24) is 0 Å². The first kappa shape index (κ1) is 14.0. The van der Waals surface area contributed by atoms with Gasteiger partial charge in [0.2, 0.25) is 0 Å². The zero-order chi connectivity index (χ0) is 14.1. The summed E-state index contributed by atoms with van der Waals surface area (Å²) in [7, 11) is 0. The highest BCUT2D eigenvalue weighted by molar-refractivity contribution is 9.10. The number of anilines is 1. The maximum absolute atomic E-state index is 5.72. The first-order valence-electron chi connectivity index (χ1n) is 6.58. The van der Waals surface area contributed by atoms with Crippen molar-refractivity contribution in [2.24, 2.45) is 0 Å². The van der Waals surface area contributed by atoms with Crippen LogP contribution in [0.5, 0.6) is 5.75 Å². The van der Waals surface area contributed by atoms with E-state index in [0.717, 1.165) is 33.4 Å². The van der Waals surface area contributed by atoms with E-state index in [4.69, 9.17) is 4.74 Å². The van der Waals surface area contributed by atoms with E-state index < -0.39 is 0 Å². The molecule has 1 aliphatic heterocycles. The molecule has 1 atom stereocenters. The molecule has 0 aromatic heterocycles. The fraction of sp³-hybridized carbons (Fsp3) is 0.250. The highest BCUT2D eigenvalue weighted by Crippen LogP contribution is 2.37. The van der Waals surface area contributed by atoms with E-state index >= 15 is 0 Å². The van der Waals surface area contributed by atoms with Crippen molar-refractivity contribution < 1.29 is 4.74 Å². The lowest BCUT2D eigenvalue weighted by Crippen LogP contribution is -2.20. The molecule has 0 amide bonds. The number of benzene rings is 2. The minimum absolute atomic E-state index is 0.273. The summed E-state index contributed by atoms with van der Waals surface area (Å²) in [4.78, 5) is 0. The number of aryl methyl sites for hydroxylation is 1. The van der Waals surface area contributed by atoms with Gasteiger partial charge in [0.25, 0.3) is 0 Å². The van der Waals surface area contributed by atoms with Crippen LogP contribution in [0, 0.1) is 6.92 Å². The van der Waals surface area contributed by atoms with E-state index in [9.17, 15) is 0 Å². The molecular weight excluding hydrogens is 382 g/mol. The molecule has 1 heterocycles. The second-order valence-corrected chi connectivity index (χ2v) is 6.77. The monoisotopic (exact) mass is 395 g/mol. The fourth-order valence-electron chi connectivity index (χ4n) is 2.44. The molecule has 20 heavy (non-hydrogen) atoms. The summed E-state index contributed by atoms with van der Waals surface area (Å²) in [5.41, 5.74) is 3.57. The Kier molecular flexibility index (Phi) is 4.03. The minimum atomic E-state index is 0.273. The molecule has 2 aromatic carbocycles. The number of halogens is 2. The van der Waals surface area contributed by atoms with Gasteiger partial charge in [-0.15, -0.1) is 0 Å². The average molecular weight is 397 g/mol. The van der Waals surface area contributed by atoms with Crippen molar-refractivity contribution >= 4 is 37.5 Å². The summed E-state index contributed by atoms with van der Waals surface area (Å²) in [6.07, 6.45) is 0.962. The van der Waals surface area contributed by atoms with Crippen LogP contribution in [0.2, 0.25) is 0 Å². The van der Waals surface area contributed by atoms with E-state index in [1.165, 1.54) is 11.1 Å². The molecule has 0 bridgehead atoms. The molecular formula is C16H15Br2NO. The zero-order valence-corrected chi connectivity index (χ0v) is 14.3. The zero-order valence-electron chi connectivity index (χ0n) is 11.1. The SMILES string of the molecule is Cc1ccc(NC2CCOc3ccc(Br)cc32)c(Br)c1. The van der Waals surface area contributed by atoms with Gasteiger partial charge in [0.05, 0.1) is 12.6 Å². The van der Waals surface area contributed by atoms with Crippen molar-refractivity contribution in [3.8, 4) is 5.75 Å². The molecule has 0 saturated carbocycles. The first-order valence-corrected chi connectivity index (χ1v) is 8.17. The molecule has 1 N–H and O–H groups in total. The molecule has 0 radical (unpaired) electrons. The van der Waals surface area contributed by atoms with E-state index in [1.807, 2.05) is 12.1 Å². The van der Waals surface area contributed by atoms with Gasteiger partial charge in [0.15, 0.2) is 0 Å². The molecule has 3 rings (SSSR count). The van der Waals surface area contributed by atoms with Gasteiger partial charge in [0, 0.05) is 26.6 Å². The predicted octanol–water partition coefficient (Wildman–Crippen LogP) is 5.46. The molecule has 1 unspecified atom stereocenters. The van der Waals surface area contributed by atoms with Crippen LogP contribution in [-0.2, 0) is 0 Å². The van der Waals surface area contributed by atoms with Crippen LogP contribution >= 0.6 is 31.9 Å². The highest BCUT2D eigenvalue weighted by atomic mass is 79.9. The largest absolute Gasteiger partial charge is 0.493 e. The molecule has 0 fully saturated rings. The summed E-state index contributed by atoms with van der Waals surface area (Å²) in [6, 6.07) is 12.8. The third kappa shape index (κ3) is 2.86. The summed E-state index contributed by atoms with van der Waals surface area (Å²) >= 11 is 7.16. The maximum Gasteiger partial charge on any atom is 0.124 e. The van der Waals surface area contributed by atoms with Gasteiger partial charge in [-0.1, -0.05) is 22.0 Å². The first-order chi connectivity index (χ1) is 9.63. The summed E-state index contributed by atoms with van der Waals surface area (Å²) in [5.74, 6) is 0.972. The Bertz CT molecular complexity index is 642. The number of nitrogens with one attached hydrogen (secondary N) is 1. The summed E-state index contributed by atoms with van der Waals surface area (Å²) in [6.45, 7) is 2.84. The van der Waals surface area contributed by atoms with Gasteiger partial charge in [-0.3, -0.25) is 0 Å². The van der Waals surface area contributed by atoms with Crippen molar-refractivity contribution in [1.29, 1.82) is 0 Å². The number of hydrogen-bond acceptors (Lipinski definition) is 2. The maximum atomic E-state index is 5.72. The van der Waals surface area contributed by atoms with E-state index in [1.54, 1.807) is 0 Å². The molecule has 2 nitrogen and oxygen atoms in total. The Morgan fingerprint density at radius 1 is 1.15 bits per heavy atom. The van der Waals surface area contributed by atoms with Gasteiger partial charge >= 0.3 is 0 Å². The Morgan fingerprint density at radius 3 is 2.80 bits per heavy atom. The van der Waals surface area contributed by atoms with E-state index in [2.05, 4.69) is 68.4 Å². The Balaban J connectivity index is 1.91. The van der Waals surface area contributed by atoms with Gasteiger partial charge in [-0.25, -0.2) is 0 Å². The van der Waals surface area contributed by atoms with Gasteiger partial charge in [0.1, 0.15) is 5.75 Å². The predicted molar refractivity (Wildman–Crippen MR) is 89.5 cm³/mol. The average Bonchev–Trinajstić information content (AvgIpc) is 2.42. The second kappa shape index (κ2) is 5.78.